The second-order valence-electron chi connectivity index (χ2n) is 3.51. The SMILES string of the molecule is CCCc1cccc(N=C(N)N=C(N)N)c1Cl. The average Bonchev–Trinajstić information content (AvgIpc) is 2.23. The van der Waals surface area contributed by atoms with Gasteiger partial charge in [0.05, 0.1) is 10.7 Å². The highest BCUT2D eigenvalue weighted by molar-refractivity contribution is 6.33. The van der Waals surface area contributed by atoms with Crippen molar-refractivity contribution in [2.24, 2.45) is 27.2 Å². The number of nitrogens with zero attached hydrogens (tertiary/aromatic N) is 2. The van der Waals surface area contributed by atoms with Crippen LogP contribution in [0.5, 0.6) is 0 Å². The Morgan fingerprint density at radius 1 is 1.29 bits per heavy atom. The van der Waals surface area contributed by atoms with Crippen molar-refractivity contribution in [3.63, 3.8) is 0 Å². The maximum Gasteiger partial charge on any atom is 0.223 e. The summed E-state index contributed by atoms with van der Waals surface area (Å²) < 4.78 is 0. The Kier molecular flexibility index (Phi) is 4.78. The van der Waals surface area contributed by atoms with Crippen LogP contribution in [0.25, 0.3) is 0 Å². The van der Waals surface area contributed by atoms with Gasteiger partial charge in [-0.3, -0.25) is 0 Å². The summed E-state index contributed by atoms with van der Waals surface area (Å²) in [6, 6.07) is 5.59. The number of halogens is 1. The van der Waals surface area contributed by atoms with Crippen LogP contribution in [0.1, 0.15) is 18.9 Å². The molecule has 0 radical (unpaired) electrons. The van der Waals surface area contributed by atoms with Gasteiger partial charge in [-0.15, -0.1) is 0 Å². The van der Waals surface area contributed by atoms with Crippen LogP contribution < -0.4 is 17.2 Å². The summed E-state index contributed by atoms with van der Waals surface area (Å²) in [6.45, 7) is 2.08. The number of hydrogen-bond acceptors (Lipinski definition) is 1. The number of hydrogen-bond donors (Lipinski definition) is 3. The third kappa shape index (κ3) is 3.96. The van der Waals surface area contributed by atoms with Crippen LogP contribution in [0.15, 0.2) is 28.2 Å². The second kappa shape index (κ2) is 6.10. The highest BCUT2D eigenvalue weighted by Crippen LogP contribution is 2.29. The van der Waals surface area contributed by atoms with Crippen molar-refractivity contribution in [1.82, 2.24) is 0 Å². The van der Waals surface area contributed by atoms with Crippen molar-refractivity contribution in [2.45, 2.75) is 19.8 Å². The van der Waals surface area contributed by atoms with Crippen LogP contribution in [0.4, 0.5) is 5.69 Å². The third-order valence-corrected chi connectivity index (χ3v) is 2.49. The van der Waals surface area contributed by atoms with Gasteiger partial charge in [0.25, 0.3) is 0 Å². The molecule has 0 bridgehead atoms. The van der Waals surface area contributed by atoms with Crippen molar-refractivity contribution in [1.29, 1.82) is 0 Å². The molecule has 0 unspecified atom stereocenters. The zero-order chi connectivity index (χ0) is 12.8. The molecule has 0 saturated heterocycles. The molecule has 0 aliphatic heterocycles. The van der Waals surface area contributed by atoms with E-state index >= 15 is 0 Å². The number of nitrogens with two attached hydrogens (primary N) is 3. The molecule has 17 heavy (non-hydrogen) atoms. The van der Waals surface area contributed by atoms with Gasteiger partial charge >= 0.3 is 0 Å². The van der Waals surface area contributed by atoms with Crippen molar-refractivity contribution in [3.05, 3.63) is 28.8 Å². The summed E-state index contributed by atoms with van der Waals surface area (Å²) in [5.41, 5.74) is 17.5. The first-order valence-corrected chi connectivity index (χ1v) is 5.63. The van der Waals surface area contributed by atoms with Gasteiger partial charge in [0.15, 0.2) is 5.96 Å². The predicted octanol–water partition coefficient (Wildman–Crippen LogP) is 1.51. The Hall–Kier alpha value is -1.75. The molecule has 5 nitrogen and oxygen atoms in total. The maximum atomic E-state index is 6.19. The standard InChI is InChI=1S/C11H16ClN5/c1-2-4-7-5-3-6-8(9(7)12)16-11(15)17-10(13)14/h3,5-6H,2,4H2,1H3,(H6,13,14,15,16,17). The minimum absolute atomic E-state index is 0.0134. The minimum Gasteiger partial charge on any atom is -0.370 e. The summed E-state index contributed by atoms with van der Waals surface area (Å²) in [4.78, 5) is 7.69. The molecular formula is C11H16ClN5. The molecule has 0 aliphatic carbocycles. The van der Waals surface area contributed by atoms with Crippen molar-refractivity contribution in [2.75, 3.05) is 0 Å². The monoisotopic (exact) mass is 253 g/mol. The van der Waals surface area contributed by atoms with Crippen LogP contribution in [-0.2, 0) is 6.42 Å². The van der Waals surface area contributed by atoms with E-state index in [1.165, 1.54) is 0 Å². The molecule has 0 aromatic heterocycles. The van der Waals surface area contributed by atoms with E-state index in [0.29, 0.717) is 10.7 Å². The molecule has 0 saturated carbocycles. The Morgan fingerprint density at radius 2 is 2.00 bits per heavy atom. The lowest BCUT2D eigenvalue weighted by molar-refractivity contribution is 0.922. The fraction of sp³-hybridized carbons (Fsp3) is 0.273. The number of aryl methyl sites for hydroxylation is 1. The number of rotatable bonds is 3. The van der Waals surface area contributed by atoms with Gasteiger partial charge in [0, 0.05) is 0 Å². The molecule has 0 heterocycles. The molecule has 0 atom stereocenters. The number of aliphatic imine (C=N–C) groups is 2. The van der Waals surface area contributed by atoms with Crippen molar-refractivity contribution >= 4 is 29.2 Å². The molecule has 0 aliphatic rings. The first-order valence-electron chi connectivity index (χ1n) is 5.25. The first-order chi connectivity index (χ1) is 8.04. The minimum atomic E-state index is -0.132. The van der Waals surface area contributed by atoms with E-state index < -0.39 is 0 Å². The largest absolute Gasteiger partial charge is 0.370 e. The summed E-state index contributed by atoms with van der Waals surface area (Å²) in [6.07, 6.45) is 1.90. The smallest absolute Gasteiger partial charge is 0.223 e. The molecule has 1 rings (SSSR count). The van der Waals surface area contributed by atoms with Crippen molar-refractivity contribution < 1.29 is 0 Å². The zero-order valence-electron chi connectivity index (χ0n) is 9.65. The molecule has 0 spiro atoms. The first kappa shape index (κ1) is 13.3. The number of guanidine groups is 2. The van der Waals surface area contributed by atoms with E-state index in [4.69, 9.17) is 28.8 Å². The van der Waals surface area contributed by atoms with E-state index in [-0.39, 0.29) is 11.9 Å². The van der Waals surface area contributed by atoms with E-state index in [2.05, 4.69) is 16.9 Å². The average molecular weight is 254 g/mol. The molecule has 1 aromatic rings. The van der Waals surface area contributed by atoms with Gasteiger partial charge in [0.1, 0.15) is 0 Å². The van der Waals surface area contributed by atoms with E-state index in [9.17, 15) is 0 Å². The van der Waals surface area contributed by atoms with Gasteiger partial charge in [-0.1, -0.05) is 37.1 Å². The van der Waals surface area contributed by atoms with Crippen LogP contribution in [0, 0.1) is 0 Å². The zero-order valence-corrected chi connectivity index (χ0v) is 10.4. The highest BCUT2D eigenvalue weighted by Gasteiger charge is 2.05. The van der Waals surface area contributed by atoms with Crippen LogP contribution in [0.3, 0.4) is 0 Å². The molecular weight excluding hydrogens is 238 g/mol. The van der Waals surface area contributed by atoms with Gasteiger partial charge < -0.3 is 17.2 Å². The lowest BCUT2D eigenvalue weighted by atomic mass is 10.1. The van der Waals surface area contributed by atoms with Gasteiger partial charge in [-0.05, 0) is 18.1 Å². The van der Waals surface area contributed by atoms with E-state index in [1.54, 1.807) is 6.07 Å². The topological polar surface area (TPSA) is 103 Å². The third-order valence-electron chi connectivity index (χ3n) is 2.06. The Bertz CT molecular complexity index is 449. The van der Waals surface area contributed by atoms with Crippen LogP contribution in [0.2, 0.25) is 5.02 Å². The summed E-state index contributed by atoms with van der Waals surface area (Å²) >= 11 is 6.19. The molecule has 6 N–H and O–H groups in total. The normalized spacial score (nSPS) is 11.3. The van der Waals surface area contributed by atoms with Crippen LogP contribution >= 0.6 is 11.6 Å². The summed E-state index contributed by atoms with van der Waals surface area (Å²) in [5, 5.41) is 0.586. The Balaban J connectivity index is 3.07. The lowest BCUT2D eigenvalue weighted by Crippen LogP contribution is -2.26. The lowest BCUT2D eigenvalue weighted by Gasteiger charge is -2.05. The molecule has 6 heteroatoms. The molecule has 92 valence electrons. The van der Waals surface area contributed by atoms with Gasteiger partial charge in [-0.25, -0.2) is 4.99 Å². The predicted molar refractivity (Wildman–Crippen MR) is 72.5 cm³/mol. The van der Waals surface area contributed by atoms with Gasteiger partial charge in [0.2, 0.25) is 5.96 Å². The number of benzene rings is 1. The van der Waals surface area contributed by atoms with Crippen molar-refractivity contribution in [3.8, 4) is 0 Å². The summed E-state index contributed by atoms with van der Waals surface area (Å²) in [5.74, 6) is -0.146. The molecule has 0 amide bonds. The quantitative estimate of drug-likeness (QED) is 0.562. The highest BCUT2D eigenvalue weighted by atomic mass is 35.5. The Labute approximate surface area is 105 Å². The maximum absolute atomic E-state index is 6.19. The molecule has 0 fully saturated rings. The van der Waals surface area contributed by atoms with Crippen LogP contribution in [-0.4, -0.2) is 11.9 Å². The summed E-state index contributed by atoms with van der Waals surface area (Å²) in [7, 11) is 0. The fourth-order valence-electron chi connectivity index (χ4n) is 1.40. The van der Waals surface area contributed by atoms with E-state index in [0.717, 1.165) is 18.4 Å². The van der Waals surface area contributed by atoms with E-state index in [1.807, 2.05) is 12.1 Å². The fourth-order valence-corrected chi connectivity index (χ4v) is 1.66. The molecule has 1 aromatic carbocycles. The van der Waals surface area contributed by atoms with Gasteiger partial charge in [-0.2, -0.15) is 4.99 Å². The Morgan fingerprint density at radius 3 is 2.59 bits per heavy atom. The second-order valence-corrected chi connectivity index (χ2v) is 3.88.